The highest BCUT2D eigenvalue weighted by molar-refractivity contribution is 4.63. The first-order valence-corrected chi connectivity index (χ1v) is 2.54. The lowest BCUT2D eigenvalue weighted by Crippen LogP contribution is -1.99. The molecule has 7 heavy (non-hydrogen) atoms. The van der Waals surface area contributed by atoms with Crippen LogP contribution in [0.3, 0.4) is 0 Å². The van der Waals surface area contributed by atoms with E-state index < -0.39 is 0 Å². The maximum Gasteiger partial charge on any atom is 0.0431 e. The lowest BCUT2D eigenvalue weighted by Gasteiger charge is -1.90. The van der Waals surface area contributed by atoms with Crippen molar-refractivity contribution in [3.8, 4) is 0 Å². The highest BCUT2D eigenvalue weighted by atomic mass is 16.2. The Labute approximate surface area is 44.3 Å². The van der Waals surface area contributed by atoms with Gasteiger partial charge in [-0.25, -0.2) is 0 Å². The van der Waals surface area contributed by atoms with Crippen LogP contribution in [0.15, 0.2) is 0 Å². The molecule has 2 heteroatoms. The number of nitrogens with two attached hydrogens (primary N) is 1. The Balaban J connectivity index is 2.45. The van der Waals surface area contributed by atoms with Gasteiger partial charge < -0.3 is 10.8 Å². The summed E-state index contributed by atoms with van der Waals surface area (Å²) in [5.74, 6) is 0. The van der Waals surface area contributed by atoms with Crippen molar-refractivity contribution in [2.75, 3.05) is 13.2 Å². The largest absolute Gasteiger partial charge is 0.396 e. The van der Waals surface area contributed by atoms with E-state index in [2.05, 4.69) is 0 Å². The molecule has 0 aromatic heterocycles. The summed E-state index contributed by atoms with van der Waals surface area (Å²) in [6, 6.07) is 0. The summed E-state index contributed by atoms with van der Waals surface area (Å²) in [7, 11) is 0. The number of aliphatic hydroxyl groups is 1. The van der Waals surface area contributed by atoms with Crippen LogP contribution in [0.2, 0.25) is 0 Å². The molecule has 0 saturated carbocycles. The van der Waals surface area contributed by atoms with E-state index in [9.17, 15) is 0 Å². The number of hydrogen-bond acceptors (Lipinski definition) is 2. The minimum atomic E-state index is 0.274. The second kappa shape index (κ2) is 5.92. The van der Waals surface area contributed by atoms with Gasteiger partial charge in [0.25, 0.3) is 0 Å². The molecule has 0 aliphatic rings. The van der Waals surface area contributed by atoms with Crippen molar-refractivity contribution in [3.05, 3.63) is 6.42 Å². The Hall–Kier alpha value is -0.0800. The second-order valence-electron chi connectivity index (χ2n) is 1.39. The van der Waals surface area contributed by atoms with E-state index in [0.717, 1.165) is 12.8 Å². The fraction of sp³-hybridized carbons (Fsp3) is 0.800. The first kappa shape index (κ1) is 6.92. The van der Waals surface area contributed by atoms with Crippen molar-refractivity contribution in [1.82, 2.24) is 0 Å². The third-order valence-electron chi connectivity index (χ3n) is 0.733. The van der Waals surface area contributed by atoms with Crippen molar-refractivity contribution in [2.45, 2.75) is 12.8 Å². The molecule has 0 fully saturated rings. The molecule has 2 nitrogen and oxygen atoms in total. The zero-order valence-corrected chi connectivity index (χ0v) is 4.43. The van der Waals surface area contributed by atoms with Gasteiger partial charge in [-0.2, -0.15) is 0 Å². The van der Waals surface area contributed by atoms with E-state index in [1.807, 2.05) is 6.42 Å². The lowest BCUT2D eigenvalue weighted by molar-refractivity contribution is 0.288. The molecule has 0 spiro atoms. The van der Waals surface area contributed by atoms with Crippen LogP contribution in [0, 0.1) is 6.42 Å². The van der Waals surface area contributed by atoms with Crippen molar-refractivity contribution in [1.29, 1.82) is 0 Å². The zero-order chi connectivity index (χ0) is 5.54. The molecule has 1 radical (unpaired) electrons. The van der Waals surface area contributed by atoms with Gasteiger partial charge in [0, 0.05) is 6.61 Å². The van der Waals surface area contributed by atoms with Crippen molar-refractivity contribution in [2.24, 2.45) is 5.73 Å². The normalized spacial score (nSPS) is 9.43. The molecular weight excluding hydrogens is 90.1 g/mol. The molecule has 0 aliphatic heterocycles. The van der Waals surface area contributed by atoms with E-state index in [4.69, 9.17) is 10.8 Å². The summed E-state index contributed by atoms with van der Waals surface area (Å²) in [4.78, 5) is 0. The first-order chi connectivity index (χ1) is 3.41. The lowest BCUT2D eigenvalue weighted by atomic mass is 10.2. The summed E-state index contributed by atoms with van der Waals surface area (Å²) < 4.78 is 0. The molecular formula is C5H12NO. The molecule has 3 N–H and O–H groups in total. The van der Waals surface area contributed by atoms with Gasteiger partial charge in [0.15, 0.2) is 0 Å². The molecule has 0 bridgehead atoms. The summed E-state index contributed by atoms with van der Waals surface area (Å²) in [6.07, 6.45) is 3.74. The predicted octanol–water partition coefficient (Wildman–Crippen LogP) is -0.0781. The van der Waals surface area contributed by atoms with Crippen LogP contribution in [0.25, 0.3) is 0 Å². The third kappa shape index (κ3) is 5.92. The Morgan fingerprint density at radius 3 is 2.71 bits per heavy atom. The van der Waals surface area contributed by atoms with Gasteiger partial charge in [-0.05, 0) is 25.8 Å². The Morgan fingerprint density at radius 1 is 1.57 bits per heavy atom. The van der Waals surface area contributed by atoms with Crippen LogP contribution >= 0.6 is 0 Å². The molecule has 0 amide bonds. The van der Waals surface area contributed by atoms with Crippen LogP contribution in [-0.2, 0) is 0 Å². The number of rotatable bonds is 4. The Morgan fingerprint density at radius 2 is 2.29 bits per heavy atom. The van der Waals surface area contributed by atoms with E-state index in [1.165, 1.54) is 0 Å². The van der Waals surface area contributed by atoms with E-state index in [1.54, 1.807) is 0 Å². The number of aliphatic hydroxyl groups excluding tert-OH is 1. The molecule has 0 unspecified atom stereocenters. The van der Waals surface area contributed by atoms with E-state index in [-0.39, 0.29) is 6.61 Å². The molecule has 0 rings (SSSR count). The molecule has 0 atom stereocenters. The highest BCUT2D eigenvalue weighted by Crippen LogP contribution is 1.87. The maximum absolute atomic E-state index is 8.23. The predicted molar refractivity (Wildman–Crippen MR) is 29.7 cm³/mol. The maximum atomic E-state index is 8.23. The summed E-state index contributed by atoms with van der Waals surface area (Å²) >= 11 is 0. The van der Waals surface area contributed by atoms with Gasteiger partial charge in [0.05, 0.1) is 0 Å². The third-order valence-corrected chi connectivity index (χ3v) is 0.733. The summed E-state index contributed by atoms with van der Waals surface area (Å²) in [5.41, 5.74) is 5.13. The van der Waals surface area contributed by atoms with Crippen LogP contribution in [0.1, 0.15) is 12.8 Å². The summed E-state index contributed by atoms with van der Waals surface area (Å²) in [6.45, 7) is 0.899. The van der Waals surface area contributed by atoms with Crippen molar-refractivity contribution >= 4 is 0 Å². The molecule has 0 heterocycles. The average Bonchev–Trinajstić information content (AvgIpc) is 1.69. The average molecular weight is 102 g/mol. The van der Waals surface area contributed by atoms with Gasteiger partial charge in [0.2, 0.25) is 0 Å². The molecule has 0 saturated heterocycles. The second-order valence-corrected chi connectivity index (χ2v) is 1.39. The minimum Gasteiger partial charge on any atom is -0.396 e. The molecule has 43 valence electrons. The Kier molecular flexibility index (Phi) is 5.85. The minimum absolute atomic E-state index is 0.274. The molecule has 0 aliphatic carbocycles. The highest BCUT2D eigenvalue weighted by Gasteiger charge is 1.81. The Bertz CT molecular complexity index is 27.3. The topological polar surface area (TPSA) is 46.2 Å². The van der Waals surface area contributed by atoms with Crippen LogP contribution < -0.4 is 5.73 Å². The molecule has 0 aromatic carbocycles. The SMILES string of the molecule is NC[CH]CCCO. The fourth-order valence-electron chi connectivity index (χ4n) is 0.353. The monoisotopic (exact) mass is 102 g/mol. The van der Waals surface area contributed by atoms with Crippen LogP contribution in [0.5, 0.6) is 0 Å². The zero-order valence-electron chi connectivity index (χ0n) is 4.43. The fourth-order valence-corrected chi connectivity index (χ4v) is 0.353. The van der Waals surface area contributed by atoms with Crippen molar-refractivity contribution in [3.63, 3.8) is 0 Å². The van der Waals surface area contributed by atoms with E-state index in [0.29, 0.717) is 6.54 Å². The van der Waals surface area contributed by atoms with Crippen LogP contribution in [-0.4, -0.2) is 18.3 Å². The summed E-state index contributed by atoms with van der Waals surface area (Å²) in [5, 5.41) is 8.23. The quantitative estimate of drug-likeness (QED) is 0.488. The van der Waals surface area contributed by atoms with Gasteiger partial charge >= 0.3 is 0 Å². The van der Waals surface area contributed by atoms with Gasteiger partial charge in [-0.3, -0.25) is 0 Å². The molecule has 0 aromatic rings. The van der Waals surface area contributed by atoms with Crippen LogP contribution in [0.4, 0.5) is 0 Å². The van der Waals surface area contributed by atoms with E-state index >= 15 is 0 Å². The standard InChI is InChI=1S/C5H12NO/c6-4-2-1-3-5-7/h2,7H,1,3-6H2. The van der Waals surface area contributed by atoms with Gasteiger partial charge in [0.1, 0.15) is 0 Å². The number of hydrogen-bond donors (Lipinski definition) is 2. The number of unbranched alkanes of at least 4 members (excludes halogenated alkanes) is 2. The van der Waals surface area contributed by atoms with Gasteiger partial charge in [-0.1, -0.05) is 0 Å². The smallest absolute Gasteiger partial charge is 0.0431 e. The first-order valence-electron chi connectivity index (χ1n) is 2.54. The van der Waals surface area contributed by atoms with Gasteiger partial charge in [-0.15, -0.1) is 0 Å². The van der Waals surface area contributed by atoms with Crippen molar-refractivity contribution < 1.29 is 5.11 Å².